The van der Waals surface area contributed by atoms with Crippen LogP contribution in [0, 0.1) is 12.8 Å². The molecule has 1 heterocycles. The van der Waals surface area contributed by atoms with Gasteiger partial charge in [-0.1, -0.05) is 36.4 Å². The van der Waals surface area contributed by atoms with Gasteiger partial charge < -0.3 is 15.4 Å². The van der Waals surface area contributed by atoms with Gasteiger partial charge in [0.05, 0.1) is 12.6 Å². The molecule has 1 aliphatic rings. The Labute approximate surface area is 124 Å². The molecular weight excluding hydrogens is 272 g/mol. The molecule has 5 heteroatoms. The lowest BCUT2D eigenvalue weighted by atomic mass is 9.89. The number of aryl methyl sites for hydroxylation is 1. The van der Waals surface area contributed by atoms with Crippen molar-refractivity contribution in [3.8, 4) is 0 Å². The lowest BCUT2D eigenvalue weighted by Gasteiger charge is -2.34. The van der Waals surface area contributed by atoms with Crippen LogP contribution in [0.3, 0.4) is 0 Å². The van der Waals surface area contributed by atoms with Crippen LogP contribution in [0.2, 0.25) is 0 Å². The highest BCUT2D eigenvalue weighted by atomic mass is 32.1. The number of esters is 1. The Morgan fingerprint density at radius 2 is 2.05 bits per heavy atom. The van der Waals surface area contributed by atoms with E-state index in [2.05, 4.69) is 17.2 Å². The van der Waals surface area contributed by atoms with E-state index in [-0.39, 0.29) is 12.0 Å². The molecule has 1 aliphatic heterocycles. The van der Waals surface area contributed by atoms with Gasteiger partial charge in [-0.2, -0.15) is 0 Å². The van der Waals surface area contributed by atoms with Gasteiger partial charge in [0, 0.05) is 5.70 Å². The number of nitrogens with one attached hydrogen (secondary N) is 2. The van der Waals surface area contributed by atoms with Crippen LogP contribution in [0.15, 0.2) is 36.5 Å². The first-order valence-corrected chi connectivity index (χ1v) is 6.93. The maximum Gasteiger partial charge on any atom is 0.317 e. The van der Waals surface area contributed by atoms with E-state index in [0.29, 0.717) is 17.4 Å². The van der Waals surface area contributed by atoms with Crippen LogP contribution < -0.4 is 10.6 Å². The van der Waals surface area contributed by atoms with Crippen LogP contribution in [-0.2, 0) is 9.53 Å². The molecule has 2 atom stereocenters. The van der Waals surface area contributed by atoms with Gasteiger partial charge in [0.25, 0.3) is 0 Å². The summed E-state index contributed by atoms with van der Waals surface area (Å²) in [4.78, 5) is 12.2. The second-order valence-electron chi connectivity index (χ2n) is 4.74. The van der Waals surface area contributed by atoms with Gasteiger partial charge in [0.2, 0.25) is 0 Å². The van der Waals surface area contributed by atoms with Crippen molar-refractivity contribution in [3.05, 3.63) is 47.7 Å². The van der Waals surface area contributed by atoms with E-state index in [9.17, 15) is 4.79 Å². The molecule has 0 aromatic heterocycles. The zero-order valence-electron chi connectivity index (χ0n) is 11.6. The molecule has 0 spiro atoms. The number of ether oxygens (including phenoxy) is 1. The van der Waals surface area contributed by atoms with Gasteiger partial charge in [-0.05, 0) is 31.6 Å². The summed E-state index contributed by atoms with van der Waals surface area (Å²) in [7, 11) is 0. The number of benzene rings is 1. The number of carbonyl (C=O) groups excluding carboxylic acids is 1. The summed E-state index contributed by atoms with van der Waals surface area (Å²) in [6.07, 6.45) is 0. The monoisotopic (exact) mass is 290 g/mol. The Bertz CT molecular complexity index is 539. The standard InChI is InChI=1S/C15H18N2O2S/c1-4-19-14(18)12-10(3)16-15(20)17-13(12)11-7-5-9(2)6-8-11/h5-8,12-13H,3-4H2,1-2H3,(H2,16,17,20). The minimum Gasteiger partial charge on any atom is -0.465 e. The minimum atomic E-state index is -0.496. The predicted octanol–water partition coefficient (Wildman–Crippen LogP) is 2.21. The first-order valence-electron chi connectivity index (χ1n) is 6.52. The van der Waals surface area contributed by atoms with Crippen molar-refractivity contribution >= 4 is 23.3 Å². The zero-order valence-corrected chi connectivity index (χ0v) is 12.4. The van der Waals surface area contributed by atoms with Crippen molar-refractivity contribution in [1.82, 2.24) is 10.6 Å². The fourth-order valence-corrected chi connectivity index (χ4v) is 2.50. The van der Waals surface area contributed by atoms with Crippen molar-refractivity contribution < 1.29 is 9.53 Å². The molecule has 2 rings (SSSR count). The Hall–Kier alpha value is -1.88. The second kappa shape index (κ2) is 6.05. The highest BCUT2D eigenvalue weighted by Crippen LogP contribution is 2.30. The molecule has 2 unspecified atom stereocenters. The molecule has 0 radical (unpaired) electrons. The number of rotatable bonds is 3. The zero-order chi connectivity index (χ0) is 14.7. The summed E-state index contributed by atoms with van der Waals surface area (Å²) in [6.45, 7) is 8.05. The Kier molecular flexibility index (Phi) is 4.39. The van der Waals surface area contributed by atoms with Gasteiger partial charge in [-0.3, -0.25) is 4.79 Å². The van der Waals surface area contributed by atoms with E-state index in [1.165, 1.54) is 0 Å². The molecule has 1 saturated heterocycles. The molecule has 0 aliphatic carbocycles. The molecular formula is C15H18N2O2S. The Morgan fingerprint density at radius 3 is 2.65 bits per heavy atom. The number of thiocarbonyl (C=S) groups is 1. The van der Waals surface area contributed by atoms with E-state index < -0.39 is 5.92 Å². The van der Waals surface area contributed by atoms with E-state index in [4.69, 9.17) is 17.0 Å². The van der Waals surface area contributed by atoms with Crippen molar-refractivity contribution in [2.45, 2.75) is 19.9 Å². The van der Waals surface area contributed by atoms with Crippen LogP contribution in [0.1, 0.15) is 24.1 Å². The van der Waals surface area contributed by atoms with Gasteiger partial charge in [-0.25, -0.2) is 0 Å². The van der Waals surface area contributed by atoms with E-state index >= 15 is 0 Å². The maximum absolute atomic E-state index is 12.2. The number of carbonyl (C=O) groups is 1. The second-order valence-corrected chi connectivity index (χ2v) is 5.15. The lowest BCUT2D eigenvalue weighted by Crippen LogP contribution is -2.50. The molecule has 1 aromatic carbocycles. The summed E-state index contributed by atoms with van der Waals surface area (Å²) in [5.74, 6) is -0.796. The highest BCUT2D eigenvalue weighted by Gasteiger charge is 2.37. The maximum atomic E-state index is 12.2. The third-order valence-corrected chi connectivity index (χ3v) is 3.47. The van der Waals surface area contributed by atoms with E-state index in [1.54, 1.807) is 6.92 Å². The van der Waals surface area contributed by atoms with E-state index in [1.807, 2.05) is 31.2 Å². The summed E-state index contributed by atoms with van der Waals surface area (Å²) in [6, 6.07) is 7.73. The quantitative estimate of drug-likeness (QED) is 0.660. The fourth-order valence-electron chi connectivity index (χ4n) is 2.25. The van der Waals surface area contributed by atoms with Crippen molar-refractivity contribution in [2.24, 2.45) is 5.92 Å². The number of hydrogen-bond acceptors (Lipinski definition) is 3. The summed E-state index contributed by atoms with van der Waals surface area (Å²) >= 11 is 5.15. The highest BCUT2D eigenvalue weighted by molar-refractivity contribution is 7.80. The molecule has 1 aromatic rings. The lowest BCUT2D eigenvalue weighted by molar-refractivity contribution is -0.147. The smallest absolute Gasteiger partial charge is 0.317 e. The Morgan fingerprint density at radius 1 is 1.40 bits per heavy atom. The third kappa shape index (κ3) is 2.99. The van der Waals surface area contributed by atoms with Crippen molar-refractivity contribution in [3.63, 3.8) is 0 Å². The average molecular weight is 290 g/mol. The average Bonchev–Trinajstić information content (AvgIpc) is 2.38. The van der Waals surface area contributed by atoms with Crippen LogP contribution >= 0.6 is 12.2 Å². The topological polar surface area (TPSA) is 50.4 Å². The van der Waals surface area contributed by atoms with Gasteiger partial charge in [0.15, 0.2) is 5.11 Å². The normalized spacial score (nSPS) is 21.9. The minimum absolute atomic E-state index is 0.254. The largest absolute Gasteiger partial charge is 0.465 e. The number of hydrogen-bond donors (Lipinski definition) is 2. The molecule has 4 nitrogen and oxygen atoms in total. The van der Waals surface area contributed by atoms with Crippen LogP contribution in [0.5, 0.6) is 0 Å². The summed E-state index contributed by atoms with van der Waals surface area (Å²) in [5, 5.41) is 6.51. The van der Waals surface area contributed by atoms with Crippen molar-refractivity contribution in [2.75, 3.05) is 6.61 Å². The molecule has 0 bridgehead atoms. The Balaban J connectivity index is 2.33. The molecule has 2 N–H and O–H groups in total. The molecule has 1 fully saturated rings. The molecule has 106 valence electrons. The third-order valence-electron chi connectivity index (χ3n) is 3.25. The van der Waals surface area contributed by atoms with Crippen molar-refractivity contribution in [1.29, 1.82) is 0 Å². The first kappa shape index (κ1) is 14.5. The van der Waals surface area contributed by atoms with Gasteiger partial charge >= 0.3 is 5.97 Å². The van der Waals surface area contributed by atoms with Crippen LogP contribution in [0.25, 0.3) is 0 Å². The van der Waals surface area contributed by atoms with Crippen LogP contribution in [0.4, 0.5) is 0 Å². The fraction of sp³-hybridized carbons (Fsp3) is 0.333. The molecule has 0 amide bonds. The SMILES string of the molecule is C=C1NC(=S)NC(c2ccc(C)cc2)C1C(=O)OCC. The van der Waals surface area contributed by atoms with Crippen LogP contribution in [-0.4, -0.2) is 17.7 Å². The summed E-state index contributed by atoms with van der Waals surface area (Å²) < 4.78 is 5.14. The first-order chi connectivity index (χ1) is 9.52. The van der Waals surface area contributed by atoms with Gasteiger partial charge in [-0.15, -0.1) is 0 Å². The summed E-state index contributed by atoms with van der Waals surface area (Å²) in [5.41, 5.74) is 2.72. The predicted molar refractivity (Wildman–Crippen MR) is 82.1 cm³/mol. The van der Waals surface area contributed by atoms with E-state index in [0.717, 1.165) is 11.1 Å². The van der Waals surface area contributed by atoms with Gasteiger partial charge in [0.1, 0.15) is 5.92 Å². The molecule has 0 saturated carbocycles. The molecule has 20 heavy (non-hydrogen) atoms.